The third-order valence-electron chi connectivity index (χ3n) is 4.96. The van der Waals surface area contributed by atoms with Crippen LogP contribution in [0.15, 0.2) is 52.1 Å². The Balaban J connectivity index is 1.34. The van der Waals surface area contributed by atoms with Gasteiger partial charge in [-0.25, -0.2) is 0 Å². The normalized spacial score (nSPS) is 14.8. The molecule has 1 N–H and O–H groups in total. The van der Waals surface area contributed by atoms with Gasteiger partial charge in [0, 0.05) is 51.4 Å². The van der Waals surface area contributed by atoms with E-state index < -0.39 is 0 Å². The van der Waals surface area contributed by atoms with Crippen molar-refractivity contribution < 1.29 is 13.9 Å². The highest BCUT2D eigenvalue weighted by molar-refractivity contribution is 6.30. The van der Waals surface area contributed by atoms with Crippen molar-refractivity contribution in [3.8, 4) is 0 Å². The van der Waals surface area contributed by atoms with E-state index in [1.54, 1.807) is 13.3 Å². The molecule has 162 valence electrons. The van der Waals surface area contributed by atoms with Crippen molar-refractivity contribution >= 4 is 23.5 Å². The molecule has 0 spiro atoms. The van der Waals surface area contributed by atoms with Gasteiger partial charge in [0.25, 0.3) is 0 Å². The molecule has 0 radical (unpaired) electrons. The van der Waals surface area contributed by atoms with Gasteiger partial charge in [-0.2, -0.15) is 0 Å². The summed E-state index contributed by atoms with van der Waals surface area (Å²) in [5.41, 5.74) is 0.946. The van der Waals surface area contributed by atoms with Gasteiger partial charge < -0.3 is 24.3 Å². The summed E-state index contributed by atoms with van der Waals surface area (Å²) in [5, 5.41) is 4.04. The first-order valence-corrected chi connectivity index (χ1v) is 10.6. The Morgan fingerprint density at radius 3 is 2.70 bits per heavy atom. The van der Waals surface area contributed by atoms with Crippen molar-refractivity contribution in [1.29, 1.82) is 0 Å². The maximum absolute atomic E-state index is 12.6. The van der Waals surface area contributed by atoms with E-state index in [0.717, 1.165) is 43.3 Å². The number of carbonyl (C=O) groups is 1. The standard InChI is InChI=1S/C22H29ClN4O3/c1-24-22(25-8-4-13-29-17-20-7-3-14-30-20)27-11-9-26(10-12-27)21(28)16-18-5-2-6-19(23)15-18/h2-3,5-7,14-15H,4,8-13,16-17H2,1H3,(H,24,25). The molecule has 2 heterocycles. The summed E-state index contributed by atoms with van der Waals surface area (Å²) in [6, 6.07) is 11.2. The molecule has 1 fully saturated rings. The number of nitrogens with one attached hydrogen (secondary N) is 1. The number of amides is 1. The predicted octanol–water partition coefficient (Wildman–Crippen LogP) is 2.80. The fourth-order valence-electron chi connectivity index (χ4n) is 3.38. The second kappa shape index (κ2) is 11.6. The van der Waals surface area contributed by atoms with Crippen LogP contribution < -0.4 is 5.32 Å². The predicted molar refractivity (Wildman–Crippen MR) is 118 cm³/mol. The first-order chi connectivity index (χ1) is 14.7. The molecule has 1 aliphatic rings. The third-order valence-corrected chi connectivity index (χ3v) is 5.20. The summed E-state index contributed by atoms with van der Waals surface area (Å²) in [6.45, 7) is 4.81. The van der Waals surface area contributed by atoms with E-state index in [0.29, 0.717) is 37.7 Å². The summed E-state index contributed by atoms with van der Waals surface area (Å²) < 4.78 is 10.8. The van der Waals surface area contributed by atoms with E-state index in [4.69, 9.17) is 20.8 Å². The van der Waals surface area contributed by atoms with Gasteiger partial charge in [-0.15, -0.1) is 0 Å². The molecule has 7 nitrogen and oxygen atoms in total. The molecule has 0 saturated carbocycles. The van der Waals surface area contributed by atoms with Gasteiger partial charge in [0.15, 0.2) is 5.96 Å². The van der Waals surface area contributed by atoms with Crippen LogP contribution in [0.5, 0.6) is 0 Å². The second-order valence-electron chi connectivity index (χ2n) is 7.13. The number of carbonyl (C=O) groups excluding carboxylic acids is 1. The number of hydrogen-bond donors (Lipinski definition) is 1. The van der Waals surface area contributed by atoms with Crippen LogP contribution in [0, 0.1) is 0 Å². The summed E-state index contributed by atoms with van der Waals surface area (Å²) in [5.74, 6) is 1.83. The number of hydrogen-bond acceptors (Lipinski definition) is 4. The number of benzene rings is 1. The third kappa shape index (κ3) is 6.78. The topological polar surface area (TPSA) is 70.3 Å². The van der Waals surface area contributed by atoms with Gasteiger partial charge >= 0.3 is 0 Å². The molecule has 3 rings (SSSR count). The second-order valence-corrected chi connectivity index (χ2v) is 7.57. The van der Waals surface area contributed by atoms with E-state index in [9.17, 15) is 4.79 Å². The van der Waals surface area contributed by atoms with Crippen molar-refractivity contribution in [2.45, 2.75) is 19.4 Å². The van der Waals surface area contributed by atoms with E-state index in [1.165, 1.54) is 0 Å². The average molecular weight is 433 g/mol. The minimum atomic E-state index is 0.133. The van der Waals surface area contributed by atoms with Gasteiger partial charge in [-0.1, -0.05) is 23.7 Å². The van der Waals surface area contributed by atoms with Crippen LogP contribution in [0.1, 0.15) is 17.7 Å². The Labute approximate surface area is 182 Å². The SMILES string of the molecule is CN=C(NCCCOCc1ccco1)N1CCN(C(=O)Cc2cccc(Cl)c2)CC1. The highest BCUT2D eigenvalue weighted by atomic mass is 35.5. The molecule has 1 amide bonds. The quantitative estimate of drug-likeness (QED) is 0.394. The lowest BCUT2D eigenvalue weighted by Crippen LogP contribution is -2.54. The van der Waals surface area contributed by atoms with E-state index in [1.807, 2.05) is 41.3 Å². The van der Waals surface area contributed by atoms with E-state index in [-0.39, 0.29) is 5.91 Å². The molecule has 30 heavy (non-hydrogen) atoms. The zero-order chi connectivity index (χ0) is 21.2. The Morgan fingerprint density at radius 1 is 1.20 bits per heavy atom. The summed E-state index contributed by atoms with van der Waals surface area (Å²) in [4.78, 5) is 21.1. The summed E-state index contributed by atoms with van der Waals surface area (Å²) >= 11 is 6.01. The highest BCUT2D eigenvalue weighted by Crippen LogP contribution is 2.13. The number of aliphatic imine (C=N–C) groups is 1. The van der Waals surface area contributed by atoms with Gasteiger partial charge in [0.1, 0.15) is 12.4 Å². The van der Waals surface area contributed by atoms with Gasteiger partial charge in [0.05, 0.1) is 12.7 Å². The van der Waals surface area contributed by atoms with Crippen molar-refractivity contribution in [3.63, 3.8) is 0 Å². The average Bonchev–Trinajstić information content (AvgIpc) is 3.27. The molecule has 2 aromatic rings. The molecule has 0 atom stereocenters. The largest absolute Gasteiger partial charge is 0.467 e. The molecule has 1 aromatic carbocycles. The maximum Gasteiger partial charge on any atom is 0.227 e. The number of furan rings is 1. The zero-order valence-electron chi connectivity index (χ0n) is 17.3. The Bertz CT molecular complexity index is 818. The smallest absolute Gasteiger partial charge is 0.227 e. The molecule has 0 unspecified atom stereocenters. The first kappa shape index (κ1) is 22.2. The lowest BCUT2D eigenvalue weighted by Gasteiger charge is -2.36. The van der Waals surface area contributed by atoms with Crippen molar-refractivity contribution in [2.24, 2.45) is 4.99 Å². The zero-order valence-corrected chi connectivity index (χ0v) is 18.1. The maximum atomic E-state index is 12.6. The molecule has 0 bridgehead atoms. The number of piperazine rings is 1. The summed E-state index contributed by atoms with van der Waals surface area (Å²) in [6.07, 6.45) is 2.90. The Kier molecular flexibility index (Phi) is 8.59. The lowest BCUT2D eigenvalue weighted by atomic mass is 10.1. The first-order valence-electron chi connectivity index (χ1n) is 10.2. The molecule has 1 saturated heterocycles. The Morgan fingerprint density at radius 2 is 2.00 bits per heavy atom. The van der Waals surface area contributed by atoms with Crippen LogP contribution in [0.25, 0.3) is 0 Å². The van der Waals surface area contributed by atoms with Crippen LogP contribution in [-0.2, 0) is 22.6 Å². The summed E-state index contributed by atoms with van der Waals surface area (Å²) in [7, 11) is 1.78. The molecule has 8 heteroatoms. The fraction of sp³-hybridized carbons (Fsp3) is 0.455. The van der Waals surface area contributed by atoms with Gasteiger partial charge in [0.2, 0.25) is 5.91 Å². The molecule has 1 aromatic heterocycles. The minimum Gasteiger partial charge on any atom is -0.467 e. The number of ether oxygens (including phenoxy) is 1. The van der Waals surface area contributed by atoms with Gasteiger partial charge in [-0.3, -0.25) is 9.79 Å². The molecule has 0 aliphatic carbocycles. The fourth-order valence-corrected chi connectivity index (χ4v) is 3.59. The Hall–Kier alpha value is -2.51. The minimum absolute atomic E-state index is 0.133. The van der Waals surface area contributed by atoms with Crippen molar-refractivity contribution in [2.75, 3.05) is 46.4 Å². The number of rotatable bonds is 8. The number of halogens is 1. The van der Waals surface area contributed by atoms with Crippen LogP contribution in [0.4, 0.5) is 0 Å². The van der Waals surface area contributed by atoms with Crippen LogP contribution in [-0.4, -0.2) is 68.0 Å². The van der Waals surface area contributed by atoms with Crippen molar-refractivity contribution in [3.05, 3.63) is 59.0 Å². The van der Waals surface area contributed by atoms with E-state index >= 15 is 0 Å². The van der Waals surface area contributed by atoms with Crippen molar-refractivity contribution in [1.82, 2.24) is 15.1 Å². The molecular weight excluding hydrogens is 404 g/mol. The van der Waals surface area contributed by atoms with Crippen LogP contribution in [0.3, 0.4) is 0 Å². The number of nitrogens with zero attached hydrogens (tertiary/aromatic N) is 3. The lowest BCUT2D eigenvalue weighted by molar-refractivity contribution is -0.131. The van der Waals surface area contributed by atoms with Crippen LogP contribution in [0.2, 0.25) is 5.02 Å². The van der Waals surface area contributed by atoms with Gasteiger partial charge in [-0.05, 0) is 36.2 Å². The molecule has 1 aliphatic heterocycles. The van der Waals surface area contributed by atoms with E-state index in [2.05, 4.69) is 15.2 Å². The molecular formula is C22H29ClN4O3. The monoisotopic (exact) mass is 432 g/mol. The van der Waals surface area contributed by atoms with Crippen LogP contribution >= 0.6 is 11.6 Å². The number of guanidine groups is 1. The highest BCUT2D eigenvalue weighted by Gasteiger charge is 2.23.